The van der Waals surface area contributed by atoms with Crippen LogP contribution < -0.4 is 4.74 Å². The molecule has 0 radical (unpaired) electrons. The van der Waals surface area contributed by atoms with Gasteiger partial charge in [0.1, 0.15) is 11.5 Å². The number of likely N-dealkylation sites (tertiary alicyclic amines) is 1. The van der Waals surface area contributed by atoms with Crippen LogP contribution in [-0.4, -0.2) is 41.3 Å². The number of rotatable bonds is 5. The molecule has 0 unspecified atom stereocenters. The Bertz CT molecular complexity index is 833. The molecular formula is C21H26N2O4. The molecule has 6 nitrogen and oxygen atoms in total. The van der Waals surface area contributed by atoms with Crippen LogP contribution in [0.25, 0.3) is 0 Å². The molecule has 1 amide bonds. The SMILES string of the molecule is CCCc1cc(C(=O)N2C[C@@H]3CC[C@@](O)(c4cccc(OC)c4)[C@@H]3C2)no1. The van der Waals surface area contributed by atoms with Crippen molar-refractivity contribution in [1.29, 1.82) is 0 Å². The van der Waals surface area contributed by atoms with Crippen LogP contribution in [0.1, 0.15) is 48.0 Å². The van der Waals surface area contributed by atoms with Crippen molar-refractivity contribution in [3.8, 4) is 5.75 Å². The second-order valence-electron chi connectivity index (χ2n) is 7.70. The Hall–Kier alpha value is -2.34. The van der Waals surface area contributed by atoms with Crippen molar-refractivity contribution in [2.75, 3.05) is 20.2 Å². The smallest absolute Gasteiger partial charge is 0.276 e. The fourth-order valence-corrected chi connectivity index (χ4v) is 4.65. The van der Waals surface area contributed by atoms with Gasteiger partial charge in [-0.05, 0) is 42.9 Å². The minimum absolute atomic E-state index is 0.0237. The zero-order chi connectivity index (χ0) is 19.0. The van der Waals surface area contributed by atoms with Crippen molar-refractivity contribution in [2.45, 2.75) is 38.2 Å². The predicted molar refractivity (Wildman–Crippen MR) is 99.5 cm³/mol. The molecule has 0 spiro atoms. The van der Waals surface area contributed by atoms with Crippen LogP contribution in [0.2, 0.25) is 0 Å². The summed E-state index contributed by atoms with van der Waals surface area (Å²) in [6, 6.07) is 9.38. The summed E-state index contributed by atoms with van der Waals surface area (Å²) in [6.45, 7) is 3.25. The summed E-state index contributed by atoms with van der Waals surface area (Å²) in [5, 5.41) is 15.4. The molecule has 0 bridgehead atoms. The lowest BCUT2D eigenvalue weighted by molar-refractivity contribution is -0.00608. The van der Waals surface area contributed by atoms with E-state index in [0.29, 0.717) is 31.1 Å². The highest BCUT2D eigenvalue weighted by Gasteiger charge is 2.53. The largest absolute Gasteiger partial charge is 0.497 e. The maximum Gasteiger partial charge on any atom is 0.276 e. The second-order valence-corrected chi connectivity index (χ2v) is 7.70. The number of methoxy groups -OCH3 is 1. The quantitative estimate of drug-likeness (QED) is 0.876. The van der Waals surface area contributed by atoms with Crippen molar-refractivity contribution in [1.82, 2.24) is 10.1 Å². The molecule has 2 aliphatic rings. The number of hydrogen-bond donors (Lipinski definition) is 1. The maximum atomic E-state index is 12.8. The molecule has 2 heterocycles. The van der Waals surface area contributed by atoms with E-state index in [1.165, 1.54) is 0 Å². The van der Waals surface area contributed by atoms with E-state index in [1.54, 1.807) is 13.2 Å². The first-order valence-corrected chi connectivity index (χ1v) is 9.67. The van der Waals surface area contributed by atoms with Gasteiger partial charge >= 0.3 is 0 Å². The van der Waals surface area contributed by atoms with Crippen molar-refractivity contribution in [3.63, 3.8) is 0 Å². The number of benzene rings is 1. The lowest BCUT2D eigenvalue weighted by atomic mass is 9.82. The number of amides is 1. The number of aryl methyl sites for hydroxylation is 1. The highest BCUT2D eigenvalue weighted by Crippen LogP contribution is 2.51. The van der Waals surface area contributed by atoms with Gasteiger partial charge in [-0.3, -0.25) is 4.79 Å². The molecule has 1 aromatic carbocycles. The average Bonchev–Trinajstić information content (AvgIpc) is 3.39. The Balaban J connectivity index is 1.52. The molecule has 1 aromatic heterocycles. The third-order valence-electron chi connectivity index (χ3n) is 6.08. The number of carbonyl (C=O) groups is 1. The highest BCUT2D eigenvalue weighted by atomic mass is 16.5. The molecule has 1 saturated carbocycles. The highest BCUT2D eigenvalue weighted by molar-refractivity contribution is 5.92. The number of carbonyl (C=O) groups excluding carboxylic acids is 1. The van der Waals surface area contributed by atoms with E-state index in [4.69, 9.17) is 9.26 Å². The average molecular weight is 370 g/mol. The van der Waals surface area contributed by atoms with Gasteiger partial charge in [0.2, 0.25) is 0 Å². The van der Waals surface area contributed by atoms with E-state index >= 15 is 0 Å². The van der Waals surface area contributed by atoms with Gasteiger partial charge in [-0.15, -0.1) is 0 Å². The summed E-state index contributed by atoms with van der Waals surface area (Å²) in [6.07, 6.45) is 3.34. The van der Waals surface area contributed by atoms with Gasteiger partial charge in [0.15, 0.2) is 5.69 Å². The van der Waals surface area contributed by atoms with Gasteiger partial charge in [0.05, 0.1) is 12.7 Å². The summed E-state index contributed by atoms with van der Waals surface area (Å²) in [4.78, 5) is 14.7. The van der Waals surface area contributed by atoms with Gasteiger partial charge < -0.3 is 19.3 Å². The van der Waals surface area contributed by atoms with Crippen molar-refractivity contribution in [3.05, 3.63) is 47.3 Å². The van der Waals surface area contributed by atoms with E-state index in [0.717, 1.165) is 36.3 Å². The van der Waals surface area contributed by atoms with Crippen LogP contribution >= 0.6 is 0 Å². The van der Waals surface area contributed by atoms with Gasteiger partial charge in [-0.1, -0.05) is 24.2 Å². The fourth-order valence-electron chi connectivity index (χ4n) is 4.65. The standard InChI is InChI=1S/C21H26N2O4/c1-3-5-17-11-19(22-27-17)20(24)23-12-14-8-9-21(25,18(14)13-23)15-6-4-7-16(10-15)26-2/h4,6-7,10-11,14,18,25H,3,5,8-9,12-13H2,1-2H3/t14-,18+,21+/m0/s1. The maximum absolute atomic E-state index is 12.8. The van der Waals surface area contributed by atoms with Gasteiger partial charge in [0.25, 0.3) is 5.91 Å². The Kier molecular flexibility index (Phi) is 4.68. The lowest BCUT2D eigenvalue weighted by Gasteiger charge is -2.31. The Morgan fingerprint density at radius 3 is 3.04 bits per heavy atom. The number of fused-ring (bicyclic) bond motifs is 1. The van der Waals surface area contributed by atoms with Crippen LogP contribution in [0.3, 0.4) is 0 Å². The molecule has 144 valence electrons. The number of aromatic nitrogens is 1. The predicted octanol–water partition coefficient (Wildman–Crippen LogP) is 3.01. The lowest BCUT2D eigenvalue weighted by Crippen LogP contribution is -2.36. The molecule has 2 aromatic rings. The second kappa shape index (κ2) is 7.00. The molecule has 27 heavy (non-hydrogen) atoms. The van der Waals surface area contributed by atoms with E-state index < -0.39 is 5.60 Å². The molecule has 1 N–H and O–H groups in total. The van der Waals surface area contributed by atoms with Crippen molar-refractivity contribution >= 4 is 5.91 Å². The Labute approximate surface area is 159 Å². The Morgan fingerprint density at radius 2 is 2.26 bits per heavy atom. The first kappa shape index (κ1) is 18.0. The van der Waals surface area contributed by atoms with Crippen LogP contribution in [0.4, 0.5) is 0 Å². The fraction of sp³-hybridized carbons (Fsp3) is 0.524. The van der Waals surface area contributed by atoms with E-state index in [2.05, 4.69) is 12.1 Å². The van der Waals surface area contributed by atoms with Crippen LogP contribution in [0.5, 0.6) is 5.75 Å². The van der Waals surface area contributed by atoms with E-state index in [9.17, 15) is 9.90 Å². The minimum atomic E-state index is -0.925. The molecular weight excluding hydrogens is 344 g/mol. The van der Waals surface area contributed by atoms with Gasteiger partial charge in [0, 0.05) is 31.5 Å². The topological polar surface area (TPSA) is 75.8 Å². The summed E-state index contributed by atoms with van der Waals surface area (Å²) >= 11 is 0. The molecule has 4 rings (SSSR count). The molecule has 6 heteroatoms. The molecule has 2 fully saturated rings. The van der Waals surface area contributed by atoms with E-state index in [-0.39, 0.29) is 11.8 Å². The van der Waals surface area contributed by atoms with Crippen molar-refractivity contribution in [2.24, 2.45) is 11.8 Å². The normalized spacial score (nSPS) is 27.0. The summed E-state index contributed by atoms with van der Waals surface area (Å²) in [7, 11) is 1.63. The summed E-state index contributed by atoms with van der Waals surface area (Å²) in [5.41, 5.74) is 0.310. The number of aliphatic hydroxyl groups is 1. The molecule has 1 saturated heterocycles. The molecule has 1 aliphatic carbocycles. The number of nitrogens with zero attached hydrogens (tertiary/aromatic N) is 2. The van der Waals surface area contributed by atoms with Crippen molar-refractivity contribution < 1.29 is 19.2 Å². The summed E-state index contributed by atoms with van der Waals surface area (Å²) < 4.78 is 10.6. The van der Waals surface area contributed by atoms with E-state index in [1.807, 2.05) is 29.2 Å². The summed E-state index contributed by atoms with van der Waals surface area (Å²) in [5.74, 6) is 1.70. The minimum Gasteiger partial charge on any atom is -0.497 e. The number of hydrogen-bond acceptors (Lipinski definition) is 5. The third-order valence-corrected chi connectivity index (χ3v) is 6.08. The zero-order valence-corrected chi connectivity index (χ0v) is 15.9. The van der Waals surface area contributed by atoms with Gasteiger partial charge in [-0.25, -0.2) is 0 Å². The van der Waals surface area contributed by atoms with Crippen LogP contribution in [0, 0.1) is 11.8 Å². The molecule has 3 atom stereocenters. The first-order chi connectivity index (χ1) is 13.0. The monoisotopic (exact) mass is 370 g/mol. The number of ether oxygens (including phenoxy) is 1. The van der Waals surface area contributed by atoms with Crippen LogP contribution in [0.15, 0.2) is 34.9 Å². The molecule has 1 aliphatic heterocycles. The van der Waals surface area contributed by atoms with Gasteiger partial charge in [-0.2, -0.15) is 0 Å². The first-order valence-electron chi connectivity index (χ1n) is 9.67. The Morgan fingerprint density at radius 1 is 1.41 bits per heavy atom. The van der Waals surface area contributed by atoms with Crippen LogP contribution in [-0.2, 0) is 12.0 Å². The third kappa shape index (κ3) is 3.12. The zero-order valence-electron chi connectivity index (χ0n) is 15.9.